The Balaban J connectivity index is 1.54. The highest BCUT2D eigenvalue weighted by Crippen LogP contribution is 2.40. The molecule has 0 amide bonds. The van der Waals surface area contributed by atoms with Crippen LogP contribution < -0.4 is 5.56 Å². The van der Waals surface area contributed by atoms with Crippen LogP contribution in [0.25, 0.3) is 22.0 Å². The predicted molar refractivity (Wildman–Crippen MR) is 160 cm³/mol. The quantitative estimate of drug-likeness (QED) is 0.285. The van der Waals surface area contributed by atoms with E-state index in [0.29, 0.717) is 33.0 Å². The summed E-state index contributed by atoms with van der Waals surface area (Å²) < 4.78 is 3.37. The summed E-state index contributed by atoms with van der Waals surface area (Å²) in [5, 5.41) is 24.9. The number of halogens is 1. The van der Waals surface area contributed by atoms with E-state index in [9.17, 15) is 15.0 Å². The van der Waals surface area contributed by atoms with Gasteiger partial charge in [0, 0.05) is 48.5 Å². The molecule has 2 N–H and O–H groups in total. The second kappa shape index (κ2) is 10.4. The molecule has 0 aliphatic carbocycles. The number of hydrogen-bond acceptors (Lipinski definition) is 5. The molecule has 0 aliphatic rings. The first-order valence-electron chi connectivity index (χ1n) is 13.0. The average molecular weight is 563 g/mol. The molecule has 7 nitrogen and oxygen atoms in total. The first kappa shape index (κ1) is 26.7. The lowest BCUT2D eigenvalue weighted by atomic mass is 9.82. The zero-order chi connectivity index (χ0) is 28.7. The average Bonchev–Trinajstić information content (AvgIpc) is 3.44. The van der Waals surface area contributed by atoms with Crippen molar-refractivity contribution in [2.24, 2.45) is 14.1 Å². The Labute approximate surface area is 241 Å². The Bertz CT molecular complexity index is 1930. The molecule has 3 aromatic carbocycles. The van der Waals surface area contributed by atoms with Gasteiger partial charge in [-0.15, -0.1) is 0 Å². The molecule has 3 aromatic heterocycles. The van der Waals surface area contributed by atoms with E-state index in [1.165, 1.54) is 0 Å². The molecule has 3 heterocycles. The standard InChI is InChI=1S/C33H27ClN4O3/c1-37-20-36-19-30(37)33(41,24-10-8-21(9-11-24)32(40)23-6-4-14-35-18-23)25-12-13-29-28(16-25)27(17-31(39)38(29)2)22-5-3-7-26(34)15-22/h3-20,32,40-41H,1-2H3. The molecular formula is C33H27ClN4O3. The third-order valence-corrected chi connectivity index (χ3v) is 7.87. The number of fused-ring (bicyclic) bond motifs is 1. The highest BCUT2D eigenvalue weighted by atomic mass is 35.5. The molecule has 0 fully saturated rings. The molecule has 41 heavy (non-hydrogen) atoms. The summed E-state index contributed by atoms with van der Waals surface area (Å²) in [5.74, 6) is 0. The Morgan fingerprint density at radius 3 is 2.32 bits per heavy atom. The molecule has 0 saturated carbocycles. The molecule has 8 heteroatoms. The largest absolute Gasteiger partial charge is 0.384 e. The van der Waals surface area contributed by atoms with Gasteiger partial charge in [0.15, 0.2) is 5.60 Å². The Kier molecular flexibility index (Phi) is 6.79. The van der Waals surface area contributed by atoms with Crippen molar-refractivity contribution in [3.8, 4) is 11.1 Å². The van der Waals surface area contributed by atoms with Gasteiger partial charge in [0.05, 0.1) is 23.7 Å². The zero-order valence-corrected chi connectivity index (χ0v) is 23.2. The highest BCUT2D eigenvalue weighted by molar-refractivity contribution is 6.30. The van der Waals surface area contributed by atoms with Crippen molar-refractivity contribution in [2.45, 2.75) is 11.7 Å². The first-order chi connectivity index (χ1) is 19.8. The Hall–Kier alpha value is -4.56. The third-order valence-electron chi connectivity index (χ3n) is 7.63. The van der Waals surface area contributed by atoms with Crippen LogP contribution in [0.1, 0.15) is 34.1 Å². The van der Waals surface area contributed by atoms with Crippen LogP contribution in [0.4, 0.5) is 0 Å². The van der Waals surface area contributed by atoms with Gasteiger partial charge in [-0.3, -0.25) is 9.78 Å². The minimum absolute atomic E-state index is 0.148. The molecule has 0 bridgehead atoms. The molecule has 204 valence electrons. The van der Waals surface area contributed by atoms with Gasteiger partial charge in [0.25, 0.3) is 5.56 Å². The van der Waals surface area contributed by atoms with E-state index in [-0.39, 0.29) is 5.56 Å². The molecule has 0 spiro atoms. The van der Waals surface area contributed by atoms with E-state index in [4.69, 9.17) is 11.6 Å². The van der Waals surface area contributed by atoms with Crippen LogP contribution in [0.2, 0.25) is 5.02 Å². The van der Waals surface area contributed by atoms with Crippen LogP contribution >= 0.6 is 11.6 Å². The van der Waals surface area contributed by atoms with Crippen molar-refractivity contribution in [1.82, 2.24) is 19.1 Å². The molecule has 2 atom stereocenters. The lowest BCUT2D eigenvalue weighted by Gasteiger charge is -2.30. The van der Waals surface area contributed by atoms with Gasteiger partial charge < -0.3 is 19.3 Å². The first-order valence-corrected chi connectivity index (χ1v) is 13.4. The smallest absolute Gasteiger partial charge is 0.251 e. The topological polar surface area (TPSA) is 93.2 Å². The maximum Gasteiger partial charge on any atom is 0.251 e. The molecule has 0 saturated heterocycles. The van der Waals surface area contributed by atoms with Gasteiger partial charge in [-0.25, -0.2) is 4.98 Å². The maximum atomic E-state index is 12.9. The Morgan fingerprint density at radius 1 is 0.854 bits per heavy atom. The summed E-state index contributed by atoms with van der Waals surface area (Å²) in [6.07, 6.45) is 5.71. The fourth-order valence-corrected chi connectivity index (χ4v) is 5.58. The zero-order valence-electron chi connectivity index (χ0n) is 22.4. The summed E-state index contributed by atoms with van der Waals surface area (Å²) in [5.41, 5.74) is 3.59. The van der Waals surface area contributed by atoms with E-state index in [1.54, 1.807) is 71.4 Å². The molecule has 0 aliphatic heterocycles. The van der Waals surface area contributed by atoms with Crippen LogP contribution in [0, 0.1) is 0 Å². The number of pyridine rings is 2. The van der Waals surface area contributed by atoms with Crippen LogP contribution in [-0.2, 0) is 19.7 Å². The molecular weight excluding hydrogens is 536 g/mol. The lowest BCUT2D eigenvalue weighted by Crippen LogP contribution is -2.31. The second-order valence-corrected chi connectivity index (χ2v) is 10.5. The van der Waals surface area contributed by atoms with Crippen molar-refractivity contribution in [3.63, 3.8) is 0 Å². The lowest BCUT2D eigenvalue weighted by molar-refractivity contribution is 0.117. The van der Waals surface area contributed by atoms with Crippen molar-refractivity contribution in [3.05, 3.63) is 153 Å². The summed E-state index contributed by atoms with van der Waals surface area (Å²) >= 11 is 6.31. The van der Waals surface area contributed by atoms with Crippen molar-refractivity contribution < 1.29 is 10.2 Å². The minimum atomic E-state index is -1.60. The number of rotatable bonds is 6. The van der Waals surface area contributed by atoms with Crippen molar-refractivity contribution in [1.29, 1.82) is 0 Å². The fourth-order valence-electron chi connectivity index (χ4n) is 5.39. The SMILES string of the molecule is Cn1cncc1C(O)(c1ccc(C(O)c2cccnc2)cc1)c1ccc2c(c1)c(-c1cccc(Cl)c1)cc(=O)n2C. The van der Waals surface area contributed by atoms with E-state index in [2.05, 4.69) is 9.97 Å². The summed E-state index contributed by atoms with van der Waals surface area (Å²) in [4.78, 5) is 21.3. The van der Waals surface area contributed by atoms with Gasteiger partial charge >= 0.3 is 0 Å². The number of benzene rings is 3. The number of aryl methyl sites for hydroxylation is 2. The number of aliphatic hydroxyl groups is 2. The second-order valence-electron chi connectivity index (χ2n) is 10.1. The third kappa shape index (κ3) is 4.64. The number of nitrogens with zero attached hydrogens (tertiary/aromatic N) is 4. The van der Waals surface area contributed by atoms with Crippen LogP contribution in [-0.4, -0.2) is 29.3 Å². The molecule has 6 rings (SSSR count). The maximum absolute atomic E-state index is 12.9. The van der Waals surface area contributed by atoms with Crippen LogP contribution in [0.3, 0.4) is 0 Å². The van der Waals surface area contributed by atoms with E-state index in [1.807, 2.05) is 61.6 Å². The number of aromatic nitrogens is 4. The molecule has 0 radical (unpaired) electrons. The summed E-state index contributed by atoms with van der Waals surface area (Å²) in [6.45, 7) is 0. The molecule has 2 unspecified atom stereocenters. The van der Waals surface area contributed by atoms with Crippen LogP contribution in [0.5, 0.6) is 0 Å². The van der Waals surface area contributed by atoms with Gasteiger partial charge in [0.2, 0.25) is 0 Å². The summed E-state index contributed by atoms with van der Waals surface area (Å²) in [7, 11) is 3.56. The van der Waals surface area contributed by atoms with Crippen molar-refractivity contribution >= 4 is 22.5 Å². The fraction of sp³-hybridized carbons (Fsp3) is 0.121. The van der Waals surface area contributed by atoms with Gasteiger partial charge in [-0.2, -0.15) is 0 Å². The summed E-state index contributed by atoms with van der Waals surface area (Å²) in [6, 6.07) is 25.4. The normalized spacial score (nSPS) is 13.7. The Morgan fingerprint density at radius 2 is 1.63 bits per heavy atom. The number of hydrogen-bond donors (Lipinski definition) is 2. The minimum Gasteiger partial charge on any atom is -0.384 e. The highest BCUT2D eigenvalue weighted by Gasteiger charge is 2.37. The monoisotopic (exact) mass is 562 g/mol. The number of aliphatic hydroxyl groups excluding tert-OH is 1. The van der Waals surface area contributed by atoms with Gasteiger partial charge in [-0.05, 0) is 58.1 Å². The van der Waals surface area contributed by atoms with E-state index in [0.717, 1.165) is 22.0 Å². The van der Waals surface area contributed by atoms with E-state index < -0.39 is 11.7 Å². The van der Waals surface area contributed by atoms with Gasteiger partial charge in [0.1, 0.15) is 6.10 Å². The molecule has 6 aromatic rings. The number of imidazole rings is 1. The van der Waals surface area contributed by atoms with Crippen molar-refractivity contribution in [2.75, 3.05) is 0 Å². The van der Waals surface area contributed by atoms with E-state index >= 15 is 0 Å². The predicted octanol–water partition coefficient (Wildman–Crippen LogP) is 5.35. The van der Waals surface area contributed by atoms with Crippen LogP contribution in [0.15, 0.2) is 115 Å². The van der Waals surface area contributed by atoms with Gasteiger partial charge in [-0.1, -0.05) is 60.1 Å².